The van der Waals surface area contributed by atoms with E-state index < -0.39 is 18.1 Å². The van der Waals surface area contributed by atoms with Crippen LogP contribution in [-0.4, -0.2) is 32.1 Å². The summed E-state index contributed by atoms with van der Waals surface area (Å²) in [4.78, 5) is 34.4. The summed E-state index contributed by atoms with van der Waals surface area (Å²) < 4.78 is 11.0. The minimum atomic E-state index is -0.941. The molecule has 7 nitrogen and oxygen atoms in total. The molecule has 0 bridgehead atoms. The first-order valence-corrected chi connectivity index (χ1v) is 10.3. The lowest BCUT2D eigenvalue weighted by molar-refractivity contribution is -0.126. The van der Waals surface area contributed by atoms with E-state index in [1.807, 2.05) is 42.5 Å². The van der Waals surface area contributed by atoms with Crippen molar-refractivity contribution in [2.24, 2.45) is 5.92 Å². The third kappa shape index (κ3) is 3.09. The third-order valence-electron chi connectivity index (χ3n) is 5.90. The van der Waals surface area contributed by atoms with E-state index in [-0.39, 0.29) is 11.8 Å². The molecule has 0 radical (unpaired) electrons. The molecular formula is C25H22N2O5. The van der Waals surface area contributed by atoms with Crippen molar-refractivity contribution in [3.63, 3.8) is 0 Å². The van der Waals surface area contributed by atoms with Gasteiger partial charge in [0.1, 0.15) is 23.5 Å². The van der Waals surface area contributed by atoms with E-state index in [2.05, 4.69) is 0 Å². The number of benzene rings is 3. The second-order valence-electron chi connectivity index (χ2n) is 7.61. The van der Waals surface area contributed by atoms with Gasteiger partial charge in [-0.25, -0.2) is 9.96 Å². The van der Waals surface area contributed by atoms with E-state index in [1.165, 1.54) is 4.90 Å². The molecule has 2 saturated heterocycles. The van der Waals surface area contributed by atoms with Crippen molar-refractivity contribution in [2.75, 3.05) is 24.2 Å². The Morgan fingerprint density at radius 3 is 2.06 bits per heavy atom. The number of hydrogen-bond acceptors (Lipinski definition) is 6. The van der Waals surface area contributed by atoms with Crippen molar-refractivity contribution < 1.29 is 23.9 Å². The van der Waals surface area contributed by atoms with Gasteiger partial charge < -0.3 is 9.47 Å². The molecule has 0 aromatic heterocycles. The van der Waals surface area contributed by atoms with E-state index in [0.29, 0.717) is 22.7 Å². The van der Waals surface area contributed by atoms with E-state index in [1.54, 1.807) is 55.7 Å². The van der Waals surface area contributed by atoms with Gasteiger partial charge in [-0.3, -0.25) is 14.4 Å². The highest BCUT2D eigenvalue weighted by Crippen LogP contribution is 2.50. The van der Waals surface area contributed by atoms with E-state index in [4.69, 9.17) is 14.3 Å². The van der Waals surface area contributed by atoms with Crippen LogP contribution in [0.2, 0.25) is 0 Å². The van der Waals surface area contributed by atoms with Gasteiger partial charge in [0.15, 0.2) is 6.10 Å². The molecular weight excluding hydrogens is 408 g/mol. The lowest BCUT2D eigenvalue weighted by atomic mass is 9.89. The topological polar surface area (TPSA) is 68.3 Å². The number of anilines is 2. The van der Waals surface area contributed by atoms with Crippen LogP contribution >= 0.6 is 0 Å². The molecule has 32 heavy (non-hydrogen) atoms. The molecule has 5 rings (SSSR count). The molecule has 0 spiro atoms. The number of ether oxygens (including phenoxy) is 2. The third-order valence-corrected chi connectivity index (χ3v) is 5.90. The Hall–Kier alpha value is -3.84. The van der Waals surface area contributed by atoms with Crippen LogP contribution in [0, 0.1) is 5.92 Å². The van der Waals surface area contributed by atoms with Crippen LogP contribution in [0.1, 0.15) is 11.6 Å². The minimum Gasteiger partial charge on any atom is -0.497 e. The number of hydrogen-bond donors (Lipinski definition) is 0. The molecule has 2 fully saturated rings. The van der Waals surface area contributed by atoms with Gasteiger partial charge >= 0.3 is 0 Å². The van der Waals surface area contributed by atoms with Crippen molar-refractivity contribution >= 4 is 23.2 Å². The predicted octanol–water partition coefficient (Wildman–Crippen LogP) is 3.75. The zero-order valence-corrected chi connectivity index (χ0v) is 17.7. The molecule has 162 valence electrons. The fourth-order valence-corrected chi connectivity index (χ4v) is 4.43. The number of fused-ring (bicyclic) bond motifs is 1. The number of carbonyl (C=O) groups excluding carboxylic acids is 2. The highest BCUT2D eigenvalue weighted by atomic mass is 16.7. The molecule has 0 N–H and O–H groups in total. The maximum atomic E-state index is 13.6. The van der Waals surface area contributed by atoms with Gasteiger partial charge in [0.2, 0.25) is 5.91 Å². The smallest absolute Gasteiger partial charge is 0.266 e. The van der Waals surface area contributed by atoms with Crippen molar-refractivity contribution in [3.05, 3.63) is 84.4 Å². The summed E-state index contributed by atoms with van der Waals surface area (Å²) in [6.07, 6.45) is -0.941. The fourth-order valence-electron chi connectivity index (χ4n) is 4.43. The van der Waals surface area contributed by atoms with Crippen molar-refractivity contribution in [2.45, 2.75) is 12.1 Å². The number of imide groups is 1. The first-order valence-electron chi connectivity index (χ1n) is 10.3. The molecule has 2 aliphatic rings. The number of rotatable bonds is 5. The zero-order chi connectivity index (χ0) is 22.2. The summed E-state index contributed by atoms with van der Waals surface area (Å²) in [5.41, 5.74) is 1.98. The Labute approximate surface area is 185 Å². The van der Waals surface area contributed by atoms with Crippen LogP contribution in [0.25, 0.3) is 0 Å². The summed E-state index contributed by atoms with van der Waals surface area (Å²) in [6, 6.07) is 23.2. The molecule has 3 atom stereocenters. The number of methoxy groups -OCH3 is 2. The highest BCUT2D eigenvalue weighted by molar-refractivity contribution is 6.23. The molecule has 7 heteroatoms. The summed E-state index contributed by atoms with van der Waals surface area (Å²) in [5, 5.41) is 1.64. The predicted molar refractivity (Wildman–Crippen MR) is 119 cm³/mol. The Morgan fingerprint density at radius 1 is 0.781 bits per heavy atom. The first-order chi connectivity index (χ1) is 15.6. The maximum absolute atomic E-state index is 13.6. The monoisotopic (exact) mass is 430 g/mol. The largest absolute Gasteiger partial charge is 0.497 e. The number of amides is 2. The minimum absolute atomic E-state index is 0.306. The molecule has 2 aliphatic heterocycles. The standard InChI is InChI=1S/C25H22N2O5/c1-30-18-13-14-20(31-2)19(15-18)22-21-23(32-27(22)17-11-7-4-8-12-17)25(29)26(24(21)28)16-9-5-3-6-10-16/h3-15,21-23H,1-2H3/t21-,22-,23-/m1/s1. The average Bonchev–Trinajstić information content (AvgIpc) is 3.35. The summed E-state index contributed by atoms with van der Waals surface area (Å²) in [5.74, 6) is -0.228. The summed E-state index contributed by atoms with van der Waals surface area (Å²) in [6.45, 7) is 0. The normalized spacial score (nSPS) is 22.2. The second kappa shape index (κ2) is 8.01. The van der Waals surface area contributed by atoms with Crippen LogP contribution in [0.3, 0.4) is 0 Å². The number of para-hydroxylation sites is 2. The van der Waals surface area contributed by atoms with Crippen LogP contribution in [-0.2, 0) is 14.4 Å². The van der Waals surface area contributed by atoms with Crippen LogP contribution in [0.5, 0.6) is 11.5 Å². The number of hydroxylamine groups is 1. The Morgan fingerprint density at radius 2 is 1.44 bits per heavy atom. The van der Waals surface area contributed by atoms with Gasteiger partial charge in [-0.15, -0.1) is 0 Å². The number of nitrogens with zero attached hydrogens (tertiary/aromatic N) is 2. The molecule has 0 saturated carbocycles. The first kappa shape index (κ1) is 20.1. The molecule has 2 amide bonds. The van der Waals surface area contributed by atoms with E-state index >= 15 is 0 Å². The molecule has 2 heterocycles. The van der Waals surface area contributed by atoms with Crippen LogP contribution in [0.4, 0.5) is 11.4 Å². The SMILES string of the molecule is COc1ccc(OC)c([C@@H]2[C@H]3C(=O)N(c4ccccc4)C(=O)[C@@H]3ON2c2ccccc2)c1. The van der Waals surface area contributed by atoms with E-state index in [0.717, 1.165) is 5.69 Å². The lowest BCUT2D eigenvalue weighted by Crippen LogP contribution is -2.37. The Balaban J connectivity index is 1.64. The van der Waals surface area contributed by atoms with E-state index in [9.17, 15) is 9.59 Å². The van der Waals surface area contributed by atoms with Gasteiger partial charge in [-0.1, -0.05) is 36.4 Å². The van der Waals surface area contributed by atoms with Gasteiger partial charge in [-0.2, -0.15) is 0 Å². The second-order valence-corrected chi connectivity index (χ2v) is 7.61. The van der Waals surface area contributed by atoms with Gasteiger partial charge in [0.25, 0.3) is 5.91 Å². The summed E-state index contributed by atoms with van der Waals surface area (Å²) in [7, 11) is 3.15. The number of carbonyl (C=O) groups is 2. The zero-order valence-electron chi connectivity index (χ0n) is 17.7. The van der Waals surface area contributed by atoms with Crippen LogP contribution < -0.4 is 19.4 Å². The Bertz CT molecular complexity index is 1150. The highest BCUT2D eigenvalue weighted by Gasteiger charge is 2.60. The van der Waals surface area contributed by atoms with Crippen molar-refractivity contribution in [1.29, 1.82) is 0 Å². The van der Waals surface area contributed by atoms with Gasteiger partial charge in [0, 0.05) is 5.56 Å². The molecule has 0 aliphatic carbocycles. The maximum Gasteiger partial charge on any atom is 0.266 e. The Kier molecular flexibility index (Phi) is 5.03. The molecule has 3 aromatic carbocycles. The van der Waals surface area contributed by atoms with Crippen LogP contribution in [0.15, 0.2) is 78.9 Å². The van der Waals surface area contributed by atoms with Crippen molar-refractivity contribution in [1.82, 2.24) is 0 Å². The summed E-state index contributed by atoms with van der Waals surface area (Å²) >= 11 is 0. The quantitative estimate of drug-likeness (QED) is 0.575. The fraction of sp³-hybridized carbons (Fsp3) is 0.200. The van der Waals surface area contributed by atoms with Gasteiger partial charge in [0.05, 0.1) is 25.6 Å². The molecule has 3 aromatic rings. The average molecular weight is 430 g/mol. The molecule has 0 unspecified atom stereocenters. The van der Waals surface area contributed by atoms with Crippen molar-refractivity contribution in [3.8, 4) is 11.5 Å². The van der Waals surface area contributed by atoms with Gasteiger partial charge in [-0.05, 0) is 42.5 Å². The lowest BCUT2D eigenvalue weighted by Gasteiger charge is -2.29.